The second-order valence-corrected chi connectivity index (χ2v) is 15.8. The predicted octanol–water partition coefficient (Wildman–Crippen LogP) is 13.5. The summed E-state index contributed by atoms with van der Waals surface area (Å²) in [7, 11) is 5.71. The molecular weight excluding hydrogens is 746 g/mol. The molecule has 0 N–H and O–H groups in total. The molecule has 1 fully saturated rings. The van der Waals surface area contributed by atoms with Crippen LogP contribution in [0, 0.1) is 23.1 Å². The van der Waals surface area contributed by atoms with Gasteiger partial charge in [-0.2, -0.15) is 5.26 Å². The van der Waals surface area contributed by atoms with Gasteiger partial charge in [-0.3, -0.25) is 4.79 Å². The number of carbonyl (C=O) groups excluding carboxylic acids is 1. The number of nitrogens with zero attached hydrogens (tertiary/aromatic N) is 4. The number of carbonyl (C=O) groups is 1. The molecule has 2 unspecified atom stereocenters. The number of halogens is 3. The summed E-state index contributed by atoms with van der Waals surface area (Å²) in [5, 5.41) is 10.7. The van der Waals surface area contributed by atoms with E-state index in [9.17, 15) is 10.1 Å². The third-order valence-electron chi connectivity index (χ3n) is 9.97. The lowest BCUT2D eigenvalue weighted by Gasteiger charge is -2.33. The minimum absolute atomic E-state index is 0.00406. The van der Waals surface area contributed by atoms with Crippen molar-refractivity contribution in [3.8, 4) is 6.07 Å². The minimum Gasteiger partial charge on any atom is -0.481 e. The van der Waals surface area contributed by atoms with Crippen molar-refractivity contribution in [2.75, 3.05) is 34.3 Å². The average molecular weight is 814 g/mol. The average Bonchev–Trinajstić information content (AvgIpc) is 3.84. The van der Waals surface area contributed by atoms with E-state index in [0.717, 1.165) is 36.3 Å². The Labute approximate surface area is 346 Å². The number of aliphatic imine (C=N–C) groups is 1. The number of likely N-dealkylation sites (tertiary alicyclic amines) is 1. The van der Waals surface area contributed by atoms with E-state index in [0.29, 0.717) is 39.1 Å². The molecule has 1 aliphatic carbocycles. The van der Waals surface area contributed by atoms with E-state index in [-0.39, 0.29) is 39.9 Å². The van der Waals surface area contributed by atoms with E-state index < -0.39 is 11.6 Å². The Morgan fingerprint density at radius 1 is 1.12 bits per heavy atom. The van der Waals surface area contributed by atoms with Crippen LogP contribution in [0.5, 0.6) is 0 Å². The van der Waals surface area contributed by atoms with Crippen LogP contribution in [0.2, 0.25) is 0 Å². The standard InChI is InChI=1S/C35H44ClF2N3OS.C5H11N.C4H6O.C2H6/c1-10-13-29(42-9)40-33-25(22(7)41(8)23(12-3)15-14-21(6)11-2)18-27(36)31(32(33)38)24-16-17-28(37)35-30(24)26(19-39)34(43-35)20(4)5;1-6-4-2-3-5-6;1-3-4(2)5;1-2/h13,16-18,20-21,23H,10-12,14-15H2,1-9H3;2-5H2,1H3;3H,1H2,2H3;1-2H3/b25-22+,29-13-,40-33+;;;. The molecule has 0 bridgehead atoms. The van der Waals surface area contributed by atoms with Gasteiger partial charge in [-0.15, -0.1) is 11.3 Å². The molecule has 1 aromatic heterocycles. The summed E-state index contributed by atoms with van der Waals surface area (Å²) in [5.41, 5.74) is 2.30. The van der Waals surface area contributed by atoms with Gasteiger partial charge in [-0.1, -0.05) is 86.1 Å². The zero-order valence-electron chi connectivity index (χ0n) is 36.3. The first-order valence-electron chi connectivity index (χ1n) is 20.1. The molecule has 2 aliphatic rings. The Hall–Kier alpha value is -3.58. The van der Waals surface area contributed by atoms with Gasteiger partial charge in [0.05, 0.1) is 22.4 Å². The van der Waals surface area contributed by atoms with E-state index >= 15 is 8.78 Å². The Balaban J connectivity index is 0.00000103. The zero-order chi connectivity index (χ0) is 42.7. The molecule has 310 valence electrons. The lowest BCUT2D eigenvalue weighted by atomic mass is 9.89. The van der Waals surface area contributed by atoms with Crippen molar-refractivity contribution in [3.63, 3.8) is 0 Å². The highest BCUT2D eigenvalue weighted by molar-refractivity contribution is 7.19. The predicted molar refractivity (Wildman–Crippen MR) is 238 cm³/mol. The molecule has 1 aliphatic heterocycles. The smallest absolute Gasteiger partial charge is 0.209 e. The van der Waals surface area contributed by atoms with Gasteiger partial charge in [0.1, 0.15) is 17.6 Å². The van der Waals surface area contributed by atoms with Crippen LogP contribution >= 0.6 is 22.9 Å². The largest absolute Gasteiger partial charge is 0.481 e. The van der Waals surface area contributed by atoms with Crippen LogP contribution in [-0.4, -0.2) is 61.6 Å². The molecule has 2 atom stereocenters. The quantitative estimate of drug-likeness (QED) is 0.149. The molecule has 6 nitrogen and oxygen atoms in total. The number of hydrogen-bond acceptors (Lipinski definition) is 7. The maximum atomic E-state index is 17.0. The highest BCUT2D eigenvalue weighted by atomic mass is 35.5. The first-order valence-corrected chi connectivity index (χ1v) is 21.3. The first kappa shape index (κ1) is 50.4. The lowest BCUT2D eigenvalue weighted by Crippen LogP contribution is -2.32. The third kappa shape index (κ3) is 13.8. The SMILES string of the molecule is C=CC(C)=O.CC.CC/C=C(/N=C1/C(F)=C(c2ccc(F)c3sc(C(C)C)c(C#N)c23)C(Cl)=C/C1=C(/C)N(C)C(CC)CCC(C)CC)OC.CN1CCCC1. The fraction of sp³-hybridized carbons (Fsp3) is 0.543. The summed E-state index contributed by atoms with van der Waals surface area (Å²) in [6, 6.07) is 5.33. The van der Waals surface area contributed by atoms with Gasteiger partial charge in [0.15, 0.2) is 11.6 Å². The molecule has 0 radical (unpaired) electrons. The summed E-state index contributed by atoms with van der Waals surface area (Å²) in [4.78, 5) is 19.7. The van der Waals surface area contributed by atoms with E-state index in [2.05, 4.69) is 55.3 Å². The molecule has 0 spiro atoms. The van der Waals surface area contributed by atoms with Gasteiger partial charge in [-0.05, 0) is 114 Å². The molecule has 4 rings (SSSR count). The second-order valence-electron chi connectivity index (χ2n) is 14.3. The van der Waals surface area contributed by atoms with Gasteiger partial charge in [0.25, 0.3) is 0 Å². The number of fused-ring (bicyclic) bond motifs is 1. The number of rotatable bonds is 13. The number of thiophene rings is 1. The molecule has 10 heteroatoms. The first-order chi connectivity index (χ1) is 26.6. The van der Waals surface area contributed by atoms with Gasteiger partial charge in [0.2, 0.25) is 5.88 Å². The normalized spacial score (nSPS) is 17.1. The van der Waals surface area contributed by atoms with Crippen molar-refractivity contribution in [2.45, 2.75) is 126 Å². The maximum absolute atomic E-state index is 17.0. The fourth-order valence-corrected chi connectivity index (χ4v) is 7.79. The minimum atomic E-state index is -0.643. The van der Waals surface area contributed by atoms with E-state index in [1.165, 1.54) is 69.5 Å². The zero-order valence-corrected chi connectivity index (χ0v) is 37.9. The number of hydrogen-bond donors (Lipinski definition) is 0. The fourth-order valence-electron chi connectivity index (χ4n) is 6.31. The van der Waals surface area contributed by atoms with Crippen LogP contribution < -0.4 is 0 Å². The Morgan fingerprint density at radius 3 is 2.18 bits per heavy atom. The van der Waals surface area contributed by atoms with E-state index in [1.807, 2.05) is 48.6 Å². The van der Waals surface area contributed by atoms with Crippen molar-refractivity contribution in [1.29, 1.82) is 5.26 Å². The van der Waals surface area contributed by atoms with Crippen LogP contribution in [0.1, 0.15) is 136 Å². The maximum Gasteiger partial charge on any atom is 0.209 e. The van der Waals surface area contributed by atoms with Crippen LogP contribution in [-0.2, 0) is 9.53 Å². The summed E-state index contributed by atoms with van der Waals surface area (Å²) >= 11 is 8.16. The highest BCUT2D eigenvalue weighted by Gasteiger charge is 2.32. The molecule has 2 heterocycles. The third-order valence-corrected chi connectivity index (χ3v) is 11.8. The summed E-state index contributed by atoms with van der Waals surface area (Å²) in [5.74, 6) is -0.167. The van der Waals surface area contributed by atoms with Crippen LogP contribution in [0.25, 0.3) is 15.7 Å². The van der Waals surface area contributed by atoms with Crippen LogP contribution in [0.4, 0.5) is 8.78 Å². The van der Waals surface area contributed by atoms with Crippen molar-refractivity contribution in [2.24, 2.45) is 10.9 Å². The lowest BCUT2D eigenvalue weighted by molar-refractivity contribution is -0.112. The summed E-state index contributed by atoms with van der Waals surface area (Å²) < 4.78 is 37.9. The van der Waals surface area contributed by atoms with Crippen molar-refractivity contribution >= 4 is 50.1 Å². The molecule has 0 amide bonds. The Bertz CT molecular complexity index is 1810. The van der Waals surface area contributed by atoms with Crippen molar-refractivity contribution < 1.29 is 18.3 Å². The van der Waals surface area contributed by atoms with Gasteiger partial charge < -0.3 is 14.5 Å². The Kier molecular flexibility index (Phi) is 23.1. The molecule has 1 aromatic carbocycles. The second kappa shape index (κ2) is 25.6. The van der Waals surface area contributed by atoms with Crippen molar-refractivity contribution in [1.82, 2.24) is 9.80 Å². The van der Waals surface area contributed by atoms with Gasteiger partial charge in [0, 0.05) is 40.2 Å². The van der Waals surface area contributed by atoms with E-state index in [1.54, 1.807) is 12.2 Å². The van der Waals surface area contributed by atoms with Crippen LogP contribution in [0.15, 0.2) is 69.9 Å². The summed E-state index contributed by atoms with van der Waals surface area (Å²) in [6.45, 7) is 25.8. The number of ketones is 1. The molecule has 1 saturated heterocycles. The molecule has 0 saturated carbocycles. The molecule has 56 heavy (non-hydrogen) atoms. The number of nitriles is 1. The van der Waals surface area contributed by atoms with Crippen LogP contribution in [0.3, 0.4) is 0 Å². The molecule has 2 aromatic rings. The van der Waals surface area contributed by atoms with E-state index in [4.69, 9.17) is 16.3 Å². The number of methoxy groups -OCH3 is 1. The number of benzene rings is 1. The highest BCUT2D eigenvalue weighted by Crippen LogP contribution is 2.46. The number of ether oxygens (including phenoxy) is 1. The van der Waals surface area contributed by atoms with Gasteiger partial charge in [-0.25, -0.2) is 13.8 Å². The molecular formula is C46H67ClF2N4O2S. The monoisotopic (exact) mass is 812 g/mol. The van der Waals surface area contributed by atoms with Gasteiger partial charge >= 0.3 is 0 Å². The van der Waals surface area contributed by atoms with Crippen molar-refractivity contribution in [3.05, 3.63) is 86.8 Å². The number of allylic oxidation sites excluding steroid dienone is 8. The summed E-state index contributed by atoms with van der Waals surface area (Å²) in [6.07, 6.45) is 12.5. The Morgan fingerprint density at radius 2 is 1.73 bits per heavy atom. The topological polar surface area (TPSA) is 68.9 Å².